The van der Waals surface area contributed by atoms with Crippen molar-refractivity contribution in [2.75, 3.05) is 0 Å². The summed E-state index contributed by atoms with van der Waals surface area (Å²) in [4.78, 5) is 12.1. The lowest BCUT2D eigenvalue weighted by Gasteiger charge is -2.04. The maximum Gasteiger partial charge on any atom is 0.224 e. The molecule has 20 heavy (non-hydrogen) atoms. The molecule has 1 saturated carbocycles. The molecule has 1 aliphatic carbocycles. The lowest BCUT2D eigenvalue weighted by Crippen LogP contribution is -2.25. The number of aryl methyl sites for hydroxylation is 3. The summed E-state index contributed by atoms with van der Waals surface area (Å²) in [5.74, 6) is 1.24. The SMILES string of the molecule is Cc1noc(C)c1CNC(=O)C1CC1c1cnn(C)c1. The van der Waals surface area contributed by atoms with E-state index in [0.717, 1.165) is 29.0 Å². The number of carbonyl (C=O) groups excluding carboxylic acids is 1. The number of carbonyl (C=O) groups is 1. The van der Waals surface area contributed by atoms with Crippen LogP contribution in [0.2, 0.25) is 0 Å². The van der Waals surface area contributed by atoms with Crippen LogP contribution >= 0.6 is 0 Å². The number of amides is 1. The van der Waals surface area contributed by atoms with Crippen molar-refractivity contribution in [2.45, 2.75) is 32.7 Å². The number of nitrogens with one attached hydrogen (secondary N) is 1. The van der Waals surface area contributed by atoms with Crippen LogP contribution in [-0.4, -0.2) is 20.8 Å². The van der Waals surface area contributed by atoms with Gasteiger partial charge in [-0.25, -0.2) is 0 Å². The van der Waals surface area contributed by atoms with Crippen molar-refractivity contribution in [3.63, 3.8) is 0 Å². The van der Waals surface area contributed by atoms with E-state index in [2.05, 4.69) is 15.6 Å². The van der Waals surface area contributed by atoms with Gasteiger partial charge in [0.2, 0.25) is 5.91 Å². The van der Waals surface area contributed by atoms with Crippen molar-refractivity contribution < 1.29 is 9.32 Å². The Morgan fingerprint density at radius 3 is 2.95 bits per heavy atom. The molecule has 0 spiro atoms. The van der Waals surface area contributed by atoms with Gasteiger partial charge in [0.25, 0.3) is 0 Å². The van der Waals surface area contributed by atoms with Crippen LogP contribution < -0.4 is 5.32 Å². The number of hydrogen-bond acceptors (Lipinski definition) is 4. The van der Waals surface area contributed by atoms with Gasteiger partial charge in [0, 0.05) is 31.3 Å². The number of hydrogen-bond donors (Lipinski definition) is 1. The van der Waals surface area contributed by atoms with E-state index in [0.29, 0.717) is 12.5 Å². The van der Waals surface area contributed by atoms with Crippen LogP contribution in [0, 0.1) is 19.8 Å². The Morgan fingerprint density at radius 1 is 1.55 bits per heavy atom. The van der Waals surface area contributed by atoms with Crippen LogP contribution in [0.15, 0.2) is 16.9 Å². The molecule has 0 aliphatic heterocycles. The highest BCUT2D eigenvalue weighted by molar-refractivity contribution is 5.82. The molecule has 6 heteroatoms. The minimum absolute atomic E-state index is 0.0691. The van der Waals surface area contributed by atoms with Gasteiger partial charge in [-0.1, -0.05) is 5.16 Å². The molecule has 2 unspecified atom stereocenters. The molecule has 2 atom stereocenters. The summed E-state index contributed by atoms with van der Waals surface area (Å²) in [5, 5.41) is 11.0. The molecule has 1 fully saturated rings. The molecule has 1 amide bonds. The Balaban J connectivity index is 1.57. The fourth-order valence-electron chi connectivity index (χ4n) is 2.55. The molecule has 6 nitrogen and oxygen atoms in total. The zero-order chi connectivity index (χ0) is 14.3. The number of aromatic nitrogens is 3. The average Bonchev–Trinajstić information content (AvgIpc) is 3.01. The molecular weight excluding hydrogens is 256 g/mol. The third-order valence-corrected chi connectivity index (χ3v) is 3.90. The zero-order valence-electron chi connectivity index (χ0n) is 11.9. The Hall–Kier alpha value is -2.11. The molecule has 1 N–H and O–H groups in total. The van der Waals surface area contributed by atoms with Gasteiger partial charge >= 0.3 is 0 Å². The van der Waals surface area contributed by atoms with Gasteiger partial charge in [0.05, 0.1) is 11.9 Å². The first-order valence-corrected chi connectivity index (χ1v) is 6.74. The van der Waals surface area contributed by atoms with Crippen molar-refractivity contribution in [3.8, 4) is 0 Å². The van der Waals surface area contributed by atoms with E-state index in [1.807, 2.05) is 33.3 Å². The van der Waals surface area contributed by atoms with Gasteiger partial charge < -0.3 is 9.84 Å². The van der Waals surface area contributed by atoms with Crippen molar-refractivity contribution in [3.05, 3.63) is 35.0 Å². The summed E-state index contributed by atoms with van der Waals surface area (Å²) in [5.41, 5.74) is 2.95. The Morgan fingerprint density at radius 2 is 2.35 bits per heavy atom. The summed E-state index contributed by atoms with van der Waals surface area (Å²) >= 11 is 0. The van der Waals surface area contributed by atoms with E-state index in [-0.39, 0.29) is 11.8 Å². The van der Waals surface area contributed by atoms with Crippen LogP contribution in [-0.2, 0) is 18.4 Å². The van der Waals surface area contributed by atoms with Crippen molar-refractivity contribution in [2.24, 2.45) is 13.0 Å². The highest BCUT2D eigenvalue weighted by atomic mass is 16.5. The quantitative estimate of drug-likeness (QED) is 0.915. The smallest absolute Gasteiger partial charge is 0.224 e. The van der Waals surface area contributed by atoms with E-state index >= 15 is 0 Å². The Labute approximate surface area is 117 Å². The third-order valence-electron chi connectivity index (χ3n) is 3.90. The normalized spacial score (nSPS) is 20.9. The van der Waals surface area contributed by atoms with Crippen molar-refractivity contribution in [1.82, 2.24) is 20.3 Å². The fourth-order valence-corrected chi connectivity index (χ4v) is 2.55. The minimum atomic E-state index is 0.0691. The molecule has 0 bridgehead atoms. The zero-order valence-corrected chi connectivity index (χ0v) is 11.9. The van der Waals surface area contributed by atoms with Crippen LogP contribution in [0.1, 0.15) is 34.9 Å². The summed E-state index contributed by atoms with van der Waals surface area (Å²) < 4.78 is 6.85. The van der Waals surface area contributed by atoms with Gasteiger partial charge in [-0.05, 0) is 31.7 Å². The Kier molecular flexibility index (Phi) is 3.08. The van der Waals surface area contributed by atoms with E-state index in [1.165, 1.54) is 0 Å². The largest absolute Gasteiger partial charge is 0.361 e. The number of rotatable bonds is 4. The topological polar surface area (TPSA) is 73.0 Å². The summed E-state index contributed by atoms with van der Waals surface area (Å²) in [7, 11) is 1.89. The van der Waals surface area contributed by atoms with E-state index < -0.39 is 0 Å². The van der Waals surface area contributed by atoms with Crippen LogP contribution in [0.3, 0.4) is 0 Å². The molecule has 0 radical (unpaired) electrons. The molecule has 0 saturated heterocycles. The monoisotopic (exact) mass is 274 g/mol. The third kappa shape index (κ3) is 2.33. The van der Waals surface area contributed by atoms with Gasteiger partial charge in [0.1, 0.15) is 5.76 Å². The van der Waals surface area contributed by atoms with Crippen LogP contribution in [0.4, 0.5) is 0 Å². The lowest BCUT2D eigenvalue weighted by atomic mass is 10.2. The van der Waals surface area contributed by atoms with Crippen molar-refractivity contribution in [1.29, 1.82) is 0 Å². The van der Waals surface area contributed by atoms with Gasteiger partial charge in [-0.2, -0.15) is 5.10 Å². The molecule has 2 aromatic heterocycles. The first kappa shape index (κ1) is 12.9. The average molecular weight is 274 g/mol. The molecule has 3 rings (SSSR count). The predicted molar refractivity (Wildman–Crippen MR) is 71.9 cm³/mol. The van der Waals surface area contributed by atoms with Crippen molar-refractivity contribution >= 4 is 5.91 Å². The predicted octanol–water partition coefficient (Wildman–Crippen LogP) is 1.44. The maximum atomic E-state index is 12.1. The van der Waals surface area contributed by atoms with Crippen LogP contribution in [0.5, 0.6) is 0 Å². The molecule has 2 heterocycles. The number of nitrogens with zero attached hydrogens (tertiary/aromatic N) is 3. The lowest BCUT2D eigenvalue weighted by molar-refractivity contribution is -0.122. The Bertz CT molecular complexity index is 624. The standard InChI is InChI=1S/C14H18N4O2/c1-8-13(9(2)20-17-8)6-15-14(19)12-4-11(12)10-5-16-18(3)7-10/h5,7,11-12H,4,6H2,1-3H3,(H,15,19). The minimum Gasteiger partial charge on any atom is -0.361 e. The molecule has 0 aromatic carbocycles. The first-order valence-electron chi connectivity index (χ1n) is 6.74. The first-order chi connectivity index (χ1) is 9.56. The van der Waals surface area contributed by atoms with Crippen LogP contribution in [0.25, 0.3) is 0 Å². The second-order valence-electron chi connectivity index (χ2n) is 5.42. The molecular formula is C14H18N4O2. The van der Waals surface area contributed by atoms with E-state index in [4.69, 9.17) is 4.52 Å². The highest BCUT2D eigenvalue weighted by Crippen LogP contribution is 2.47. The summed E-state index contributed by atoms with van der Waals surface area (Å²) in [6, 6.07) is 0. The summed E-state index contributed by atoms with van der Waals surface area (Å²) in [6.07, 6.45) is 4.72. The van der Waals surface area contributed by atoms with Gasteiger partial charge in [0.15, 0.2) is 0 Å². The van der Waals surface area contributed by atoms with Gasteiger partial charge in [-0.15, -0.1) is 0 Å². The maximum absolute atomic E-state index is 12.1. The van der Waals surface area contributed by atoms with E-state index in [9.17, 15) is 4.79 Å². The molecule has 106 valence electrons. The molecule has 1 aliphatic rings. The fraction of sp³-hybridized carbons (Fsp3) is 0.500. The second-order valence-corrected chi connectivity index (χ2v) is 5.42. The van der Waals surface area contributed by atoms with E-state index in [1.54, 1.807) is 4.68 Å². The second kappa shape index (κ2) is 4.77. The molecule has 2 aromatic rings. The highest BCUT2D eigenvalue weighted by Gasteiger charge is 2.44. The van der Waals surface area contributed by atoms with Gasteiger partial charge in [-0.3, -0.25) is 9.48 Å². The summed E-state index contributed by atoms with van der Waals surface area (Å²) in [6.45, 7) is 4.22.